The third kappa shape index (κ3) is 8.29. The third-order valence-corrected chi connectivity index (χ3v) is 14.9. The second kappa shape index (κ2) is 19.7. The Labute approximate surface area is 440 Å². The number of rotatable bonds is 12. The van der Waals surface area contributed by atoms with Crippen LogP contribution in [0.1, 0.15) is 22.3 Å². The monoisotopic (exact) mass is 956 g/mol. The molecule has 0 radical (unpaired) electrons. The second-order valence-corrected chi connectivity index (χ2v) is 19.2. The van der Waals surface area contributed by atoms with Crippen molar-refractivity contribution in [3.63, 3.8) is 0 Å². The van der Waals surface area contributed by atoms with Gasteiger partial charge in [0, 0.05) is 34.0 Å². The van der Waals surface area contributed by atoms with E-state index in [0.29, 0.717) is 0 Å². The zero-order valence-corrected chi connectivity index (χ0v) is 41.4. The minimum atomic E-state index is -0.505. The normalized spacial score (nSPS) is 12.1. The Morgan fingerprint density at radius 2 is 0.533 bits per heavy atom. The van der Waals surface area contributed by atoms with Crippen molar-refractivity contribution in [2.75, 3.05) is 9.80 Å². The van der Waals surface area contributed by atoms with Crippen LogP contribution in [0.5, 0.6) is 0 Å². The van der Waals surface area contributed by atoms with E-state index in [1.165, 1.54) is 55.6 Å². The van der Waals surface area contributed by atoms with Crippen molar-refractivity contribution in [1.29, 1.82) is 0 Å². The average molecular weight is 957 g/mol. The smallest absolute Gasteiger partial charge is 0.0714 e. The lowest BCUT2D eigenvalue weighted by Gasteiger charge is -2.34. The highest BCUT2D eigenvalue weighted by atomic mass is 15.1. The van der Waals surface area contributed by atoms with Gasteiger partial charge in [-0.05, 0) is 157 Å². The second-order valence-electron chi connectivity index (χ2n) is 19.2. The molecule has 0 spiro atoms. The van der Waals surface area contributed by atoms with Crippen molar-refractivity contribution < 1.29 is 0 Å². The number of benzene rings is 12. The van der Waals surface area contributed by atoms with Gasteiger partial charge in [0.1, 0.15) is 0 Å². The fourth-order valence-corrected chi connectivity index (χ4v) is 11.5. The predicted molar refractivity (Wildman–Crippen MR) is 315 cm³/mol. The summed E-state index contributed by atoms with van der Waals surface area (Å²) in [6.45, 7) is 0. The number of para-hydroxylation sites is 2. The van der Waals surface area contributed by atoms with Crippen LogP contribution in [0.2, 0.25) is 0 Å². The first kappa shape index (κ1) is 45.1. The van der Waals surface area contributed by atoms with Gasteiger partial charge in [-0.2, -0.15) is 0 Å². The number of anilines is 6. The maximum Gasteiger partial charge on any atom is 0.0714 e. The summed E-state index contributed by atoms with van der Waals surface area (Å²) in [6.07, 6.45) is 0. The van der Waals surface area contributed by atoms with Crippen LogP contribution in [0.25, 0.3) is 55.6 Å². The molecule has 0 aliphatic heterocycles. The fourth-order valence-electron chi connectivity index (χ4n) is 11.5. The standard InChI is InChI=1S/C73H52N2/c1-7-22-53(23-8-1)55-38-44-65(45-39-55)74(63-30-15-5-16-31-63)66-46-40-56(41-47-66)59-50-58(54-24-9-2-10-25-54)51-60(52-59)57-42-48-67(49-43-57)75(64-32-17-6-18-33-64)71-37-21-36-70-72(71)68-34-19-20-35-69(68)73(70,61-26-11-3-12-27-61)62-28-13-4-14-29-62/h1-52H. The van der Waals surface area contributed by atoms with E-state index in [1.807, 2.05) is 0 Å². The van der Waals surface area contributed by atoms with Crippen LogP contribution in [0.4, 0.5) is 34.1 Å². The van der Waals surface area contributed by atoms with E-state index in [9.17, 15) is 0 Å². The molecular formula is C73H52N2. The van der Waals surface area contributed by atoms with E-state index in [1.54, 1.807) is 0 Å². The molecule has 12 aromatic rings. The highest BCUT2D eigenvalue weighted by molar-refractivity contribution is 5.97. The first-order chi connectivity index (χ1) is 37.2. The highest BCUT2D eigenvalue weighted by Gasteiger charge is 2.47. The summed E-state index contributed by atoms with van der Waals surface area (Å²) in [5.41, 5.74) is 23.0. The van der Waals surface area contributed by atoms with Crippen LogP contribution in [0.15, 0.2) is 315 Å². The topological polar surface area (TPSA) is 6.48 Å². The molecule has 0 amide bonds. The third-order valence-electron chi connectivity index (χ3n) is 14.9. The van der Waals surface area contributed by atoms with Crippen LogP contribution >= 0.6 is 0 Å². The molecule has 0 heterocycles. The molecule has 0 fully saturated rings. The van der Waals surface area contributed by atoms with Gasteiger partial charge in [-0.3, -0.25) is 0 Å². The van der Waals surface area contributed by atoms with Crippen molar-refractivity contribution in [2.45, 2.75) is 5.41 Å². The minimum absolute atomic E-state index is 0.505. The lowest BCUT2D eigenvalue weighted by molar-refractivity contribution is 0.768. The lowest BCUT2D eigenvalue weighted by Crippen LogP contribution is -2.28. The van der Waals surface area contributed by atoms with Gasteiger partial charge in [0.05, 0.1) is 11.1 Å². The van der Waals surface area contributed by atoms with Gasteiger partial charge >= 0.3 is 0 Å². The molecular weight excluding hydrogens is 905 g/mol. The van der Waals surface area contributed by atoms with Crippen molar-refractivity contribution in [2.24, 2.45) is 0 Å². The molecule has 354 valence electrons. The van der Waals surface area contributed by atoms with Gasteiger partial charge in [-0.25, -0.2) is 0 Å². The van der Waals surface area contributed by atoms with E-state index in [-0.39, 0.29) is 0 Å². The summed E-state index contributed by atoms with van der Waals surface area (Å²) < 4.78 is 0. The summed E-state index contributed by atoms with van der Waals surface area (Å²) in [7, 11) is 0. The van der Waals surface area contributed by atoms with Crippen molar-refractivity contribution in [1.82, 2.24) is 0 Å². The van der Waals surface area contributed by atoms with Crippen molar-refractivity contribution >= 4 is 34.1 Å². The highest BCUT2D eigenvalue weighted by Crippen LogP contribution is 2.59. The maximum atomic E-state index is 2.44. The zero-order valence-electron chi connectivity index (χ0n) is 41.4. The molecule has 0 aromatic heterocycles. The Bertz CT molecular complexity index is 3840. The summed E-state index contributed by atoms with van der Waals surface area (Å²) >= 11 is 0. The van der Waals surface area contributed by atoms with E-state index in [0.717, 1.165) is 56.4 Å². The fraction of sp³-hybridized carbons (Fsp3) is 0.0137. The first-order valence-corrected chi connectivity index (χ1v) is 25.8. The molecule has 1 aliphatic carbocycles. The summed E-state index contributed by atoms with van der Waals surface area (Å²) in [5.74, 6) is 0. The molecule has 0 saturated heterocycles. The van der Waals surface area contributed by atoms with Crippen LogP contribution < -0.4 is 9.80 Å². The Hall–Kier alpha value is -9.76. The molecule has 13 rings (SSSR count). The SMILES string of the molecule is c1ccc(-c2ccc(N(c3ccccc3)c3ccc(-c4cc(-c5ccccc5)cc(-c5ccc(N(c6ccccc6)c6cccc7c6-c6ccccc6C7(c6ccccc6)c6ccccc6)cc5)c4)cc3)cc2)cc1. The average Bonchev–Trinajstić information content (AvgIpc) is 3.87. The molecule has 12 aromatic carbocycles. The van der Waals surface area contributed by atoms with E-state index < -0.39 is 5.41 Å². The Morgan fingerprint density at radius 1 is 0.213 bits per heavy atom. The number of nitrogens with zero attached hydrogens (tertiary/aromatic N) is 2. The van der Waals surface area contributed by atoms with E-state index >= 15 is 0 Å². The van der Waals surface area contributed by atoms with E-state index in [4.69, 9.17) is 0 Å². The number of hydrogen-bond donors (Lipinski definition) is 0. The maximum absolute atomic E-state index is 2.44. The van der Waals surface area contributed by atoms with Crippen molar-refractivity contribution in [3.05, 3.63) is 338 Å². The van der Waals surface area contributed by atoms with Crippen LogP contribution in [0, 0.1) is 0 Å². The summed E-state index contributed by atoms with van der Waals surface area (Å²) in [5, 5.41) is 0. The Morgan fingerprint density at radius 3 is 1.00 bits per heavy atom. The van der Waals surface area contributed by atoms with Gasteiger partial charge < -0.3 is 9.80 Å². The zero-order chi connectivity index (χ0) is 50.0. The Balaban J connectivity index is 0.897. The quantitative estimate of drug-likeness (QED) is 0.120. The van der Waals surface area contributed by atoms with Crippen LogP contribution in [-0.2, 0) is 5.41 Å². The van der Waals surface area contributed by atoms with Gasteiger partial charge in [-0.1, -0.05) is 231 Å². The lowest BCUT2D eigenvalue weighted by atomic mass is 9.68. The molecule has 0 N–H and O–H groups in total. The molecule has 0 atom stereocenters. The van der Waals surface area contributed by atoms with Crippen LogP contribution in [0.3, 0.4) is 0 Å². The molecule has 75 heavy (non-hydrogen) atoms. The molecule has 2 nitrogen and oxygen atoms in total. The molecule has 1 aliphatic rings. The van der Waals surface area contributed by atoms with Gasteiger partial charge in [0.25, 0.3) is 0 Å². The summed E-state index contributed by atoms with van der Waals surface area (Å²) in [6, 6.07) is 115. The van der Waals surface area contributed by atoms with Crippen molar-refractivity contribution in [3.8, 4) is 55.6 Å². The number of hydrogen-bond acceptors (Lipinski definition) is 2. The first-order valence-electron chi connectivity index (χ1n) is 25.8. The van der Waals surface area contributed by atoms with Gasteiger partial charge in [0.2, 0.25) is 0 Å². The number of fused-ring (bicyclic) bond motifs is 3. The Kier molecular flexibility index (Phi) is 11.8. The molecule has 0 unspecified atom stereocenters. The molecule has 0 saturated carbocycles. The molecule has 2 heteroatoms. The van der Waals surface area contributed by atoms with Gasteiger partial charge in [0.15, 0.2) is 0 Å². The molecule has 0 bridgehead atoms. The van der Waals surface area contributed by atoms with Crippen LogP contribution in [-0.4, -0.2) is 0 Å². The minimum Gasteiger partial charge on any atom is -0.311 e. The van der Waals surface area contributed by atoms with E-state index in [2.05, 4.69) is 325 Å². The van der Waals surface area contributed by atoms with Gasteiger partial charge in [-0.15, -0.1) is 0 Å². The summed E-state index contributed by atoms with van der Waals surface area (Å²) in [4.78, 5) is 4.77. The largest absolute Gasteiger partial charge is 0.311 e. The predicted octanol–water partition coefficient (Wildman–Crippen LogP) is 19.7.